The second-order valence-electron chi connectivity index (χ2n) is 8.17. The molecule has 1 spiro atoms. The summed E-state index contributed by atoms with van der Waals surface area (Å²) in [5.74, 6) is 3.15. The monoisotopic (exact) mass is 371 g/mol. The van der Waals surface area contributed by atoms with Crippen molar-refractivity contribution in [2.75, 3.05) is 26.3 Å². The fourth-order valence-electron chi connectivity index (χ4n) is 5.27. The number of ether oxygens (including phenoxy) is 3. The lowest BCUT2D eigenvalue weighted by molar-refractivity contribution is -0.171. The molecule has 1 aromatic rings. The molecule has 0 bridgehead atoms. The first kappa shape index (κ1) is 17.2. The van der Waals surface area contributed by atoms with E-state index < -0.39 is 0 Å². The van der Waals surface area contributed by atoms with Crippen molar-refractivity contribution in [3.8, 4) is 11.5 Å². The molecule has 0 aromatic heterocycles. The summed E-state index contributed by atoms with van der Waals surface area (Å²) in [6.07, 6.45) is 5.46. The quantitative estimate of drug-likeness (QED) is 0.628. The standard InChI is InChI=1S/C21H29N3O3/c1-2-22-20(23-12-14-13-26-16-6-3-4-7-17(16)27-14)24-18-15-8-11-25-19(15)21(18)9-5-10-21/h3-4,6-7,14-15,18-19H,2,5,8-13H2,1H3,(H2,22,23,24). The van der Waals surface area contributed by atoms with Gasteiger partial charge in [0.2, 0.25) is 0 Å². The van der Waals surface area contributed by atoms with Crippen LogP contribution in [-0.2, 0) is 4.74 Å². The lowest BCUT2D eigenvalue weighted by Crippen LogP contribution is -2.72. The summed E-state index contributed by atoms with van der Waals surface area (Å²) >= 11 is 0. The molecule has 1 aromatic carbocycles. The molecule has 27 heavy (non-hydrogen) atoms. The molecule has 2 aliphatic heterocycles. The fourth-order valence-corrected chi connectivity index (χ4v) is 5.27. The van der Waals surface area contributed by atoms with E-state index in [1.165, 1.54) is 25.7 Å². The zero-order valence-electron chi connectivity index (χ0n) is 15.9. The minimum Gasteiger partial charge on any atom is -0.486 e. The van der Waals surface area contributed by atoms with Gasteiger partial charge < -0.3 is 24.8 Å². The molecular weight excluding hydrogens is 342 g/mol. The highest BCUT2D eigenvalue weighted by molar-refractivity contribution is 5.80. The van der Waals surface area contributed by atoms with Crippen LogP contribution in [0.25, 0.3) is 0 Å². The smallest absolute Gasteiger partial charge is 0.191 e. The average molecular weight is 371 g/mol. The lowest BCUT2D eigenvalue weighted by Gasteiger charge is -2.63. The van der Waals surface area contributed by atoms with Crippen LogP contribution in [0.1, 0.15) is 32.6 Å². The van der Waals surface area contributed by atoms with E-state index in [1.807, 2.05) is 24.3 Å². The molecule has 5 rings (SSSR count). The van der Waals surface area contributed by atoms with Gasteiger partial charge in [-0.2, -0.15) is 0 Å². The van der Waals surface area contributed by atoms with E-state index in [1.54, 1.807) is 0 Å². The molecule has 2 aliphatic carbocycles. The molecule has 4 unspecified atom stereocenters. The number of fused-ring (bicyclic) bond motifs is 3. The maximum Gasteiger partial charge on any atom is 0.191 e. The van der Waals surface area contributed by atoms with Gasteiger partial charge in [-0.05, 0) is 38.3 Å². The van der Waals surface area contributed by atoms with Crippen molar-refractivity contribution in [2.24, 2.45) is 16.3 Å². The summed E-state index contributed by atoms with van der Waals surface area (Å²) in [4.78, 5) is 4.82. The Hall–Kier alpha value is -1.95. The van der Waals surface area contributed by atoms with Crippen molar-refractivity contribution >= 4 is 5.96 Å². The fraction of sp³-hybridized carbons (Fsp3) is 0.667. The van der Waals surface area contributed by atoms with Crippen LogP contribution in [0.15, 0.2) is 29.3 Å². The second kappa shape index (κ2) is 6.89. The lowest BCUT2D eigenvalue weighted by atomic mass is 9.46. The molecule has 146 valence electrons. The first-order valence-corrected chi connectivity index (χ1v) is 10.3. The highest BCUT2D eigenvalue weighted by Crippen LogP contribution is 2.62. The van der Waals surface area contributed by atoms with Crippen LogP contribution in [-0.4, -0.2) is 50.5 Å². The number of rotatable bonds is 4. The third kappa shape index (κ3) is 2.85. The Bertz CT molecular complexity index is 718. The van der Waals surface area contributed by atoms with Crippen molar-refractivity contribution in [3.05, 3.63) is 24.3 Å². The van der Waals surface area contributed by atoms with Crippen LogP contribution in [0.5, 0.6) is 11.5 Å². The number of aliphatic imine (C=N–C) groups is 1. The van der Waals surface area contributed by atoms with Crippen LogP contribution >= 0.6 is 0 Å². The SMILES string of the molecule is CCNC(=NCC1COc2ccccc2O1)NC1C2CCOC2C12CCC2. The van der Waals surface area contributed by atoms with E-state index in [2.05, 4.69) is 17.6 Å². The third-order valence-electron chi connectivity index (χ3n) is 6.69. The average Bonchev–Trinajstić information content (AvgIpc) is 3.07. The van der Waals surface area contributed by atoms with Gasteiger partial charge in [0.15, 0.2) is 23.6 Å². The normalized spacial score (nSPS) is 33.0. The molecule has 2 saturated carbocycles. The number of benzene rings is 1. The first-order valence-electron chi connectivity index (χ1n) is 10.3. The Balaban J connectivity index is 1.24. The van der Waals surface area contributed by atoms with Gasteiger partial charge in [-0.25, -0.2) is 4.99 Å². The first-order chi connectivity index (χ1) is 13.3. The Morgan fingerprint density at radius 2 is 2.11 bits per heavy atom. The third-order valence-corrected chi connectivity index (χ3v) is 6.69. The van der Waals surface area contributed by atoms with Crippen molar-refractivity contribution in [2.45, 2.75) is 50.9 Å². The minimum absolute atomic E-state index is 0.0584. The van der Waals surface area contributed by atoms with E-state index in [0.29, 0.717) is 36.6 Å². The molecule has 1 saturated heterocycles. The van der Waals surface area contributed by atoms with Crippen LogP contribution in [0.2, 0.25) is 0 Å². The highest BCUT2D eigenvalue weighted by Gasteiger charge is 2.66. The molecule has 6 nitrogen and oxygen atoms in total. The molecule has 2 N–H and O–H groups in total. The summed E-state index contributed by atoms with van der Waals surface area (Å²) in [6.45, 7) is 4.98. The molecule has 0 radical (unpaired) electrons. The summed E-state index contributed by atoms with van der Waals surface area (Å²) in [6, 6.07) is 8.30. The number of hydrogen-bond acceptors (Lipinski definition) is 4. The van der Waals surface area contributed by atoms with Gasteiger partial charge in [0.05, 0.1) is 12.6 Å². The van der Waals surface area contributed by atoms with Gasteiger partial charge in [-0.3, -0.25) is 0 Å². The van der Waals surface area contributed by atoms with Crippen molar-refractivity contribution in [3.63, 3.8) is 0 Å². The van der Waals surface area contributed by atoms with Gasteiger partial charge in [-0.15, -0.1) is 0 Å². The van der Waals surface area contributed by atoms with E-state index in [-0.39, 0.29) is 6.10 Å². The number of guanidine groups is 1. The molecule has 4 aliphatic rings. The zero-order chi connectivity index (χ0) is 18.3. The van der Waals surface area contributed by atoms with Crippen molar-refractivity contribution < 1.29 is 14.2 Å². The molecule has 0 amide bonds. The van der Waals surface area contributed by atoms with E-state index >= 15 is 0 Å². The van der Waals surface area contributed by atoms with Crippen molar-refractivity contribution in [1.29, 1.82) is 0 Å². The zero-order valence-corrected chi connectivity index (χ0v) is 15.9. The number of nitrogens with zero attached hydrogens (tertiary/aromatic N) is 1. The van der Waals surface area contributed by atoms with Gasteiger partial charge in [0.25, 0.3) is 0 Å². The molecular formula is C21H29N3O3. The van der Waals surface area contributed by atoms with Gasteiger partial charge >= 0.3 is 0 Å². The largest absolute Gasteiger partial charge is 0.486 e. The number of nitrogens with one attached hydrogen (secondary N) is 2. The summed E-state index contributed by atoms with van der Waals surface area (Å²) in [5.41, 5.74) is 0.348. The number of para-hydroxylation sites is 2. The molecule has 4 atom stereocenters. The van der Waals surface area contributed by atoms with Crippen LogP contribution in [0.3, 0.4) is 0 Å². The predicted molar refractivity (Wildman–Crippen MR) is 103 cm³/mol. The van der Waals surface area contributed by atoms with Crippen molar-refractivity contribution in [1.82, 2.24) is 10.6 Å². The van der Waals surface area contributed by atoms with Crippen LogP contribution in [0, 0.1) is 11.3 Å². The van der Waals surface area contributed by atoms with Crippen LogP contribution in [0.4, 0.5) is 0 Å². The molecule has 3 fully saturated rings. The molecule has 6 heteroatoms. The van der Waals surface area contributed by atoms with Crippen LogP contribution < -0.4 is 20.1 Å². The number of hydrogen-bond donors (Lipinski definition) is 2. The van der Waals surface area contributed by atoms with E-state index in [0.717, 1.165) is 30.6 Å². The summed E-state index contributed by atoms with van der Waals surface area (Å²) in [5, 5.41) is 7.15. The molecule has 2 heterocycles. The minimum atomic E-state index is -0.0584. The predicted octanol–water partition coefficient (Wildman–Crippen LogP) is 2.34. The van der Waals surface area contributed by atoms with Gasteiger partial charge in [0, 0.05) is 30.5 Å². The Morgan fingerprint density at radius 1 is 1.26 bits per heavy atom. The van der Waals surface area contributed by atoms with Gasteiger partial charge in [-0.1, -0.05) is 18.6 Å². The maximum atomic E-state index is 6.04. The topological polar surface area (TPSA) is 64.1 Å². The Kier molecular flexibility index (Phi) is 4.38. The summed E-state index contributed by atoms with van der Waals surface area (Å²) < 4.78 is 17.9. The Labute approximate surface area is 160 Å². The van der Waals surface area contributed by atoms with E-state index in [4.69, 9.17) is 19.2 Å². The maximum absolute atomic E-state index is 6.04. The van der Waals surface area contributed by atoms with E-state index in [9.17, 15) is 0 Å². The summed E-state index contributed by atoms with van der Waals surface area (Å²) in [7, 11) is 0. The Morgan fingerprint density at radius 3 is 2.89 bits per heavy atom. The van der Waals surface area contributed by atoms with Gasteiger partial charge in [0.1, 0.15) is 6.61 Å². The second-order valence-corrected chi connectivity index (χ2v) is 8.17. The highest BCUT2D eigenvalue weighted by atomic mass is 16.6.